The van der Waals surface area contributed by atoms with Crippen molar-refractivity contribution in [1.82, 2.24) is 0 Å². The summed E-state index contributed by atoms with van der Waals surface area (Å²) in [4.78, 5) is 0. The summed E-state index contributed by atoms with van der Waals surface area (Å²) in [7, 11) is 0. The van der Waals surface area contributed by atoms with Crippen LogP contribution in [0.3, 0.4) is 0 Å². The molecule has 2 heteroatoms. The maximum absolute atomic E-state index is 10.2. The van der Waals surface area contributed by atoms with Gasteiger partial charge in [0.1, 0.15) is 0 Å². The van der Waals surface area contributed by atoms with Crippen LogP contribution in [0.5, 0.6) is 0 Å². The second kappa shape index (κ2) is 5.17. The van der Waals surface area contributed by atoms with Crippen molar-refractivity contribution in [2.45, 2.75) is 32.8 Å². The highest BCUT2D eigenvalue weighted by atomic mass is 16.3. The van der Waals surface area contributed by atoms with Crippen LogP contribution in [0.25, 0.3) is 0 Å². The molecule has 1 aromatic rings. The van der Waals surface area contributed by atoms with Crippen LogP contribution in [-0.4, -0.2) is 17.3 Å². The van der Waals surface area contributed by atoms with E-state index in [1.807, 2.05) is 37.3 Å². The molecule has 0 aromatic heterocycles. The maximum atomic E-state index is 10.2. The van der Waals surface area contributed by atoms with Crippen LogP contribution in [0.15, 0.2) is 30.3 Å². The number of hydrogen-bond donors (Lipinski definition) is 2. The van der Waals surface area contributed by atoms with Gasteiger partial charge in [0, 0.05) is 12.2 Å². The van der Waals surface area contributed by atoms with Crippen LogP contribution in [0, 0.1) is 5.92 Å². The third kappa shape index (κ3) is 3.56. The standard InChI is InChI=1S/C13H21NO/c1-4-11(2)13(3,15)10-14-12-8-6-5-7-9-12/h5-9,11,14-15H,4,10H2,1-3H3. The van der Waals surface area contributed by atoms with Gasteiger partial charge in [0.15, 0.2) is 0 Å². The van der Waals surface area contributed by atoms with Gasteiger partial charge in [-0.1, -0.05) is 38.5 Å². The van der Waals surface area contributed by atoms with Crippen molar-refractivity contribution in [3.63, 3.8) is 0 Å². The van der Waals surface area contributed by atoms with E-state index in [0.717, 1.165) is 12.1 Å². The lowest BCUT2D eigenvalue weighted by Gasteiger charge is -2.30. The van der Waals surface area contributed by atoms with E-state index in [1.165, 1.54) is 0 Å². The lowest BCUT2D eigenvalue weighted by atomic mass is 9.88. The van der Waals surface area contributed by atoms with Gasteiger partial charge in [-0.05, 0) is 25.0 Å². The van der Waals surface area contributed by atoms with Crippen LogP contribution in [-0.2, 0) is 0 Å². The molecule has 0 fully saturated rings. The molecule has 0 saturated heterocycles. The molecule has 2 N–H and O–H groups in total. The van der Waals surface area contributed by atoms with E-state index in [4.69, 9.17) is 0 Å². The minimum Gasteiger partial charge on any atom is -0.388 e. The van der Waals surface area contributed by atoms with Gasteiger partial charge in [0.25, 0.3) is 0 Å². The third-order valence-corrected chi connectivity index (χ3v) is 3.10. The Kier molecular flexibility index (Phi) is 4.15. The highest BCUT2D eigenvalue weighted by molar-refractivity contribution is 5.42. The molecule has 0 aliphatic heterocycles. The summed E-state index contributed by atoms with van der Waals surface area (Å²) in [5.74, 6) is 0.300. The summed E-state index contributed by atoms with van der Waals surface area (Å²) in [6.07, 6.45) is 0.990. The predicted molar refractivity (Wildman–Crippen MR) is 65.0 cm³/mol. The zero-order chi connectivity index (χ0) is 11.3. The van der Waals surface area contributed by atoms with Gasteiger partial charge in [-0.2, -0.15) is 0 Å². The van der Waals surface area contributed by atoms with Crippen molar-refractivity contribution in [3.05, 3.63) is 30.3 Å². The second-order valence-electron chi connectivity index (χ2n) is 4.39. The molecule has 0 radical (unpaired) electrons. The minimum absolute atomic E-state index is 0.300. The minimum atomic E-state index is -0.648. The Morgan fingerprint density at radius 1 is 1.33 bits per heavy atom. The first-order chi connectivity index (χ1) is 7.06. The molecular formula is C13H21NO. The average molecular weight is 207 g/mol. The SMILES string of the molecule is CCC(C)C(C)(O)CNc1ccccc1. The fraction of sp³-hybridized carbons (Fsp3) is 0.538. The Balaban J connectivity index is 2.49. The molecule has 1 aromatic carbocycles. The molecule has 0 heterocycles. The first-order valence-electron chi connectivity index (χ1n) is 5.57. The number of rotatable bonds is 5. The molecular weight excluding hydrogens is 186 g/mol. The summed E-state index contributed by atoms with van der Waals surface area (Å²) < 4.78 is 0. The second-order valence-corrected chi connectivity index (χ2v) is 4.39. The zero-order valence-corrected chi connectivity index (χ0v) is 9.83. The summed E-state index contributed by atoms with van der Waals surface area (Å²) in [6.45, 7) is 6.65. The number of hydrogen-bond acceptors (Lipinski definition) is 2. The number of para-hydroxylation sites is 1. The van der Waals surface area contributed by atoms with Crippen molar-refractivity contribution in [3.8, 4) is 0 Å². The molecule has 15 heavy (non-hydrogen) atoms. The van der Waals surface area contributed by atoms with E-state index < -0.39 is 5.60 Å². The molecule has 84 valence electrons. The van der Waals surface area contributed by atoms with Crippen LogP contribution in [0.1, 0.15) is 27.2 Å². The van der Waals surface area contributed by atoms with Gasteiger partial charge >= 0.3 is 0 Å². The quantitative estimate of drug-likeness (QED) is 0.778. The fourth-order valence-electron chi connectivity index (χ4n) is 1.45. The summed E-state index contributed by atoms with van der Waals surface area (Å²) in [5.41, 5.74) is 0.408. The van der Waals surface area contributed by atoms with E-state index in [-0.39, 0.29) is 0 Å². The molecule has 2 atom stereocenters. The molecule has 2 unspecified atom stereocenters. The molecule has 0 bridgehead atoms. The van der Waals surface area contributed by atoms with Gasteiger partial charge in [0.05, 0.1) is 5.60 Å². The van der Waals surface area contributed by atoms with Crippen LogP contribution < -0.4 is 5.32 Å². The van der Waals surface area contributed by atoms with Crippen molar-refractivity contribution < 1.29 is 5.11 Å². The lowest BCUT2D eigenvalue weighted by molar-refractivity contribution is 0.0176. The number of nitrogens with one attached hydrogen (secondary N) is 1. The van der Waals surface area contributed by atoms with Crippen LogP contribution >= 0.6 is 0 Å². The number of anilines is 1. The molecule has 1 rings (SSSR count). The van der Waals surface area contributed by atoms with Crippen LogP contribution in [0.2, 0.25) is 0 Å². The monoisotopic (exact) mass is 207 g/mol. The third-order valence-electron chi connectivity index (χ3n) is 3.10. The first-order valence-corrected chi connectivity index (χ1v) is 5.57. The lowest BCUT2D eigenvalue weighted by Crippen LogP contribution is -2.39. The topological polar surface area (TPSA) is 32.3 Å². The van der Waals surface area contributed by atoms with Gasteiger partial charge in [-0.3, -0.25) is 0 Å². The van der Waals surface area contributed by atoms with Crippen molar-refractivity contribution in [1.29, 1.82) is 0 Å². The largest absolute Gasteiger partial charge is 0.388 e. The summed E-state index contributed by atoms with van der Waals surface area (Å²) >= 11 is 0. The van der Waals surface area contributed by atoms with Gasteiger partial charge in [-0.25, -0.2) is 0 Å². The van der Waals surface area contributed by atoms with E-state index in [9.17, 15) is 5.11 Å². The highest BCUT2D eigenvalue weighted by Gasteiger charge is 2.26. The summed E-state index contributed by atoms with van der Waals surface area (Å²) in [6, 6.07) is 9.97. The Morgan fingerprint density at radius 3 is 2.47 bits per heavy atom. The van der Waals surface area contributed by atoms with Crippen molar-refractivity contribution >= 4 is 5.69 Å². The van der Waals surface area contributed by atoms with E-state index in [0.29, 0.717) is 12.5 Å². The highest BCUT2D eigenvalue weighted by Crippen LogP contribution is 2.20. The molecule has 0 amide bonds. The Bertz CT molecular complexity index is 282. The smallest absolute Gasteiger partial charge is 0.0816 e. The van der Waals surface area contributed by atoms with Gasteiger partial charge < -0.3 is 10.4 Å². The average Bonchev–Trinajstić information content (AvgIpc) is 2.27. The Hall–Kier alpha value is -1.02. The summed E-state index contributed by atoms with van der Waals surface area (Å²) in [5, 5.41) is 13.4. The Labute approximate surface area is 92.3 Å². The molecule has 0 saturated carbocycles. The van der Waals surface area contributed by atoms with Gasteiger partial charge in [0.2, 0.25) is 0 Å². The molecule has 0 spiro atoms. The van der Waals surface area contributed by atoms with E-state index in [2.05, 4.69) is 19.2 Å². The predicted octanol–water partition coefficient (Wildman–Crippen LogP) is 2.90. The zero-order valence-electron chi connectivity index (χ0n) is 9.83. The van der Waals surface area contributed by atoms with E-state index >= 15 is 0 Å². The normalized spacial score (nSPS) is 16.8. The van der Waals surface area contributed by atoms with Crippen molar-refractivity contribution in [2.24, 2.45) is 5.92 Å². The number of aliphatic hydroxyl groups is 1. The fourth-order valence-corrected chi connectivity index (χ4v) is 1.45. The van der Waals surface area contributed by atoms with E-state index in [1.54, 1.807) is 0 Å². The maximum Gasteiger partial charge on any atom is 0.0816 e. The first kappa shape index (κ1) is 12.1. The van der Waals surface area contributed by atoms with Crippen LogP contribution in [0.4, 0.5) is 5.69 Å². The molecule has 0 aliphatic rings. The Morgan fingerprint density at radius 2 is 1.93 bits per heavy atom. The van der Waals surface area contributed by atoms with Crippen molar-refractivity contribution in [2.75, 3.05) is 11.9 Å². The van der Waals surface area contributed by atoms with Gasteiger partial charge in [-0.15, -0.1) is 0 Å². The molecule has 2 nitrogen and oxygen atoms in total. The number of benzene rings is 1. The molecule has 0 aliphatic carbocycles.